The van der Waals surface area contributed by atoms with E-state index >= 15 is 0 Å². The third-order valence-corrected chi connectivity index (χ3v) is 4.01. The van der Waals surface area contributed by atoms with Gasteiger partial charge in [0, 0.05) is 18.8 Å². The van der Waals surface area contributed by atoms with Gasteiger partial charge in [-0.1, -0.05) is 6.42 Å². The van der Waals surface area contributed by atoms with Crippen LogP contribution in [0.1, 0.15) is 25.1 Å². The summed E-state index contributed by atoms with van der Waals surface area (Å²) in [5.74, 6) is 1.07. The monoisotopic (exact) mass is 244 g/mol. The van der Waals surface area contributed by atoms with Gasteiger partial charge >= 0.3 is 0 Å². The number of fused-ring (bicyclic) bond motifs is 1. The molecule has 2 aromatic heterocycles. The van der Waals surface area contributed by atoms with Crippen molar-refractivity contribution in [1.82, 2.24) is 19.4 Å². The molecule has 0 spiro atoms. The Hall–Kier alpha value is -1.42. The summed E-state index contributed by atoms with van der Waals surface area (Å²) in [5.41, 5.74) is 2.03. The number of imidazole rings is 1. The highest BCUT2D eigenvalue weighted by Crippen LogP contribution is 2.20. The summed E-state index contributed by atoms with van der Waals surface area (Å²) in [4.78, 5) is 11.5. The van der Waals surface area contributed by atoms with E-state index in [1.165, 1.54) is 25.8 Å². The molecule has 0 amide bonds. The molecule has 0 aromatic carbocycles. The van der Waals surface area contributed by atoms with Crippen LogP contribution in [0.2, 0.25) is 0 Å². The maximum absolute atomic E-state index is 4.59. The number of hydrogen-bond donors (Lipinski definition) is 0. The number of rotatable bonds is 2. The van der Waals surface area contributed by atoms with Crippen molar-refractivity contribution in [3.8, 4) is 0 Å². The number of aryl methyl sites for hydroxylation is 1. The van der Waals surface area contributed by atoms with Crippen LogP contribution >= 0.6 is 0 Å². The van der Waals surface area contributed by atoms with E-state index in [9.17, 15) is 0 Å². The highest BCUT2D eigenvalue weighted by Gasteiger charge is 2.21. The van der Waals surface area contributed by atoms with Crippen LogP contribution in [0.5, 0.6) is 0 Å². The van der Waals surface area contributed by atoms with E-state index in [1.807, 2.05) is 18.3 Å². The Balaban J connectivity index is 1.92. The quantitative estimate of drug-likeness (QED) is 0.812. The van der Waals surface area contributed by atoms with Crippen molar-refractivity contribution in [2.75, 3.05) is 13.6 Å². The number of likely N-dealkylation sites (tertiary alicyclic amines) is 1. The predicted molar refractivity (Wildman–Crippen MR) is 72.5 cm³/mol. The fraction of sp³-hybridized carbons (Fsp3) is 0.571. The second-order valence-corrected chi connectivity index (χ2v) is 5.25. The fourth-order valence-electron chi connectivity index (χ4n) is 2.88. The number of nitrogens with zero attached hydrogens (tertiary/aromatic N) is 4. The van der Waals surface area contributed by atoms with Crippen LogP contribution in [0.25, 0.3) is 11.2 Å². The lowest BCUT2D eigenvalue weighted by atomic mass is 10.0. The normalized spacial score (nSPS) is 21.6. The lowest BCUT2D eigenvalue weighted by Gasteiger charge is -2.32. The molecule has 2 aromatic rings. The molecule has 0 saturated carbocycles. The van der Waals surface area contributed by atoms with Crippen LogP contribution in [0.15, 0.2) is 18.3 Å². The third kappa shape index (κ3) is 2.01. The zero-order chi connectivity index (χ0) is 12.5. The summed E-state index contributed by atoms with van der Waals surface area (Å²) in [6.07, 6.45) is 5.80. The lowest BCUT2D eigenvalue weighted by molar-refractivity contribution is 0.168. The maximum atomic E-state index is 4.59. The number of likely N-dealkylation sites (N-methyl/N-ethyl adjacent to an activating group) is 1. The molecule has 0 radical (unpaired) electrons. The van der Waals surface area contributed by atoms with Gasteiger partial charge in [0.1, 0.15) is 11.3 Å². The van der Waals surface area contributed by atoms with Gasteiger partial charge in [-0.15, -0.1) is 0 Å². The SMILES string of the molecule is Cc1nc2cccnc2n1CC1CCCCN1C. The minimum absolute atomic E-state index is 0.622. The van der Waals surface area contributed by atoms with Gasteiger partial charge in [0.05, 0.1) is 0 Å². The van der Waals surface area contributed by atoms with Gasteiger partial charge in [-0.3, -0.25) is 0 Å². The lowest BCUT2D eigenvalue weighted by Crippen LogP contribution is -2.39. The number of piperidine rings is 1. The second-order valence-electron chi connectivity index (χ2n) is 5.25. The van der Waals surface area contributed by atoms with E-state index < -0.39 is 0 Å². The minimum atomic E-state index is 0.622. The largest absolute Gasteiger partial charge is 0.311 e. The first-order valence-electron chi connectivity index (χ1n) is 6.74. The van der Waals surface area contributed by atoms with Gasteiger partial charge in [0.25, 0.3) is 0 Å². The van der Waals surface area contributed by atoms with Crippen LogP contribution in [0.4, 0.5) is 0 Å². The van der Waals surface area contributed by atoms with Crippen LogP contribution in [0.3, 0.4) is 0 Å². The Morgan fingerprint density at radius 2 is 2.28 bits per heavy atom. The molecular formula is C14H20N4. The zero-order valence-electron chi connectivity index (χ0n) is 11.1. The van der Waals surface area contributed by atoms with E-state index in [2.05, 4.69) is 33.4 Å². The van der Waals surface area contributed by atoms with Crippen LogP contribution in [-0.2, 0) is 6.54 Å². The van der Waals surface area contributed by atoms with Gasteiger partial charge in [0.15, 0.2) is 5.65 Å². The molecular weight excluding hydrogens is 224 g/mol. The maximum Gasteiger partial charge on any atom is 0.160 e. The molecule has 3 rings (SSSR count). The first kappa shape index (κ1) is 11.7. The first-order chi connectivity index (χ1) is 8.75. The number of hydrogen-bond acceptors (Lipinski definition) is 3. The molecule has 1 unspecified atom stereocenters. The van der Waals surface area contributed by atoms with Crippen LogP contribution in [0, 0.1) is 6.92 Å². The topological polar surface area (TPSA) is 34.0 Å². The molecule has 4 heteroatoms. The van der Waals surface area contributed by atoms with Gasteiger partial charge < -0.3 is 9.47 Å². The smallest absolute Gasteiger partial charge is 0.160 e. The van der Waals surface area contributed by atoms with E-state index in [0.717, 1.165) is 23.5 Å². The molecule has 4 nitrogen and oxygen atoms in total. The molecule has 1 aliphatic heterocycles. The molecule has 1 fully saturated rings. The van der Waals surface area contributed by atoms with Crippen molar-refractivity contribution < 1.29 is 0 Å². The van der Waals surface area contributed by atoms with E-state index in [1.54, 1.807) is 0 Å². The fourth-order valence-corrected chi connectivity index (χ4v) is 2.88. The Bertz CT molecular complexity index is 546. The Labute approximate surface area is 108 Å². The average molecular weight is 244 g/mol. The minimum Gasteiger partial charge on any atom is -0.311 e. The summed E-state index contributed by atoms with van der Waals surface area (Å²) >= 11 is 0. The van der Waals surface area contributed by atoms with E-state index in [0.29, 0.717) is 6.04 Å². The van der Waals surface area contributed by atoms with Crippen molar-refractivity contribution >= 4 is 11.2 Å². The third-order valence-electron chi connectivity index (χ3n) is 4.01. The summed E-state index contributed by atoms with van der Waals surface area (Å²) in [6, 6.07) is 4.61. The van der Waals surface area contributed by atoms with Crippen molar-refractivity contribution in [3.05, 3.63) is 24.2 Å². The van der Waals surface area contributed by atoms with Crippen LogP contribution in [-0.4, -0.2) is 39.1 Å². The highest BCUT2D eigenvalue weighted by molar-refractivity contribution is 5.71. The summed E-state index contributed by atoms with van der Waals surface area (Å²) in [7, 11) is 2.23. The molecule has 1 atom stereocenters. The van der Waals surface area contributed by atoms with Gasteiger partial charge in [-0.2, -0.15) is 0 Å². The van der Waals surface area contributed by atoms with Crippen molar-refractivity contribution in [2.24, 2.45) is 0 Å². The second kappa shape index (κ2) is 4.69. The highest BCUT2D eigenvalue weighted by atomic mass is 15.2. The molecule has 0 bridgehead atoms. The molecule has 18 heavy (non-hydrogen) atoms. The summed E-state index contributed by atoms with van der Waals surface area (Å²) < 4.78 is 2.27. The molecule has 1 aliphatic rings. The van der Waals surface area contributed by atoms with Crippen molar-refractivity contribution in [3.63, 3.8) is 0 Å². The average Bonchev–Trinajstić information content (AvgIpc) is 2.69. The Morgan fingerprint density at radius 3 is 3.11 bits per heavy atom. The van der Waals surface area contributed by atoms with Crippen molar-refractivity contribution in [1.29, 1.82) is 0 Å². The van der Waals surface area contributed by atoms with Crippen molar-refractivity contribution in [2.45, 2.75) is 38.8 Å². The van der Waals surface area contributed by atoms with Gasteiger partial charge in [-0.05, 0) is 45.5 Å². The number of aromatic nitrogens is 3. The van der Waals surface area contributed by atoms with Crippen LogP contribution < -0.4 is 0 Å². The standard InChI is InChI=1S/C14H20N4/c1-11-16-13-7-5-8-15-14(13)18(11)10-12-6-3-4-9-17(12)2/h5,7-8,12H,3-4,6,9-10H2,1-2H3. The van der Waals surface area contributed by atoms with Gasteiger partial charge in [-0.25, -0.2) is 9.97 Å². The molecule has 0 N–H and O–H groups in total. The molecule has 96 valence electrons. The molecule has 3 heterocycles. The van der Waals surface area contributed by atoms with E-state index in [-0.39, 0.29) is 0 Å². The summed E-state index contributed by atoms with van der Waals surface area (Å²) in [6.45, 7) is 4.30. The van der Waals surface area contributed by atoms with Gasteiger partial charge in [0.2, 0.25) is 0 Å². The van der Waals surface area contributed by atoms with E-state index in [4.69, 9.17) is 0 Å². The predicted octanol–water partition coefficient (Wildman–Crippen LogP) is 2.22. The first-order valence-corrected chi connectivity index (χ1v) is 6.74. The number of pyridine rings is 1. The molecule has 0 aliphatic carbocycles. The summed E-state index contributed by atoms with van der Waals surface area (Å²) in [5, 5.41) is 0. The Morgan fingerprint density at radius 1 is 1.39 bits per heavy atom. The molecule has 1 saturated heterocycles. The zero-order valence-corrected chi connectivity index (χ0v) is 11.1. The Kier molecular flexibility index (Phi) is 3.04.